The van der Waals surface area contributed by atoms with Gasteiger partial charge in [-0.25, -0.2) is 0 Å². The summed E-state index contributed by atoms with van der Waals surface area (Å²) in [5.74, 6) is 1.59. The van der Waals surface area contributed by atoms with Crippen LogP contribution in [-0.4, -0.2) is 25.6 Å². The van der Waals surface area contributed by atoms with Crippen LogP contribution in [0.1, 0.15) is 26.2 Å². The van der Waals surface area contributed by atoms with Gasteiger partial charge >= 0.3 is 0 Å². The highest BCUT2D eigenvalue weighted by Crippen LogP contribution is 2.44. The standard InChI is InChI=1S/C16H24N2O2/c1-13-10-16(11-13,12-17)15(19)18-8-5-9-20-14-6-3-2-4-7-14/h2-4,6-7,13H,5,8-12,17H2,1H3,(H,18,19). The molecular formula is C16H24N2O2. The number of carbonyl (C=O) groups is 1. The molecule has 20 heavy (non-hydrogen) atoms. The Morgan fingerprint density at radius 3 is 2.70 bits per heavy atom. The fourth-order valence-corrected chi connectivity index (χ4v) is 2.89. The van der Waals surface area contributed by atoms with Crippen LogP contribution in [0.2, 0.25) is 0 Å². The zero-order valence-corrected chi connectivity index (χ0v) is 12.1. The molecule has 0 spiro atoms. The van der Waals surface area contributed by atoms with Gasteiger partial charge in [0, 0.05) is 13.1 Å². The van der Waals surface area contributed by atoms with Crippen molar-refractivity contribution < 1.29 is 9.53 Å². The molecule has 1 fully saturated rings. The number of amides is 1. The summed E-state index contributed by atoms with van der Waals surface area (Å²) in [7, 11) is 0. The second-order valence-electron chi connectivity index (χ2n) is 5.77. The molecule has 0 bridgehead atoms. The van der Waals surface area contributed by atoms with Gasteiger partial charge in [-0.3, -0.25) is 4.79 Å². The lowest BCUT2D eigenvalue weighted by molar-refractivity contribution is -0.138. The Hall–Kier alpha value is -1.55. The zero-order valence-electron chi connectivity index (χ0n) is 12.1. The highest BCUT2D eigenvalue weighted by Gasteiger charge is 2.46. The van der Waals surface area contributed by atoms with E-state index in [1.165, 1.54) is 0 Å². The van der Waals surface area contributed by atoms with Crippen LogP contribution < -0.4 is 15.8 Å². The highest BCUT2D eigenvalue weighted by molar-refractivity contribution is 5.83. The van der Waals surface area contributed by atoms with E-state index < -0.39 is 0 Å². The van der Waals surface area contributed by atoms with E-state index in [0.29, 0.717) is 25.6 Å². The van der Waals surface area contributed by atoms with Crippen LogP contribution in [0.3, 0.4) is 0 Å². The van der Waals surface area contributed by atoms with Crippen LogP contribution in [0, 0.1) is 11.3 Å². The van der Waals surface area contributed by atoms with Crippen molar-refractivity contribution in [1.82, 2.24) is 5.32 Å². The molecule has 0 aromatic heterocycles. The Morgan fingerprint density at radius 1 is 1.40 bits per heavy atom. The summed E-state index contributed by atoms with van der Waals surface area (Å²) in [6.07, 6.45) is 2.63. The molecule has 1 aromatic carbocycles. The van der Waals surface area contributed by atoms with Gasteiger partial charge in [0.15, 0.2) is 0 Å². The lowest BCUT2D eigenvalue weighted by Gasteiger charge is -2.44. The van der Waals surface area contributed by atoms with Gasteiger partial charge in [-0.05, 0) is 37.3 Å². The van der Waals surface area contributed by atoms with E-state index in [4.69, 9.17) is 10.5 Å². The predicted molar refractivity (Wildman–Crippen MR) is 79.4 cm³/mol. The second-order valence-corrected chi connectivity index (χ2v) is 5.77. The van der Waals surface area contributed by atoms with E-state index >= 15 is 0 Å². The number of para-hydroxylation sites is 1. The first kappa shape index (κ1) is 14.9. The molecule has 0 atom stereocenters. The molecule has 0 unspecified atom stereocenters. The second kappa shape index (κ2) is 6.75. The minimum atomic E-state index is -0.306. The topological polar surface area (TPSA) is 64.4 Å². The molecule has 1 aliphatic carbocycles. The number of ether oxygens (including phenoxy) is 1. The number of carbonyl (C=O) groups excluding carboxylic acids is 1. The van der Waals surface area contributed by atoms with E-state index in [2.05, 4.69) is 12.2 Å². The zero-order chi connectivity index (χ0) is 14.4. The number of hydrogen-bond acceptors (Lipinski definition) is 3. The van der Waals surface area contributed by atoms with Crippen molar-refractivity contribution in [3.8, 4) is 5.75 Å². The van der Waals surface area contributed by atoms with Crippen LogP contribution in [0.25, 0.3) is 0 Å². The first-order valence-corrected chi connectivity index (χ1v) is 7.32. The first-order valence-electron chi connectivity index (χ1n) is 7.32. The van der Waals surface area contributed by atoms with Gasteiger partial charge in [0.1, 0.15) is 5.75 Å². The van der Waals surface area contributed by atoms with E-state index in [0.717, 1.165) is 25.0 Å². The van der Waals surface area contributed by atoms with Crippen molar-refractivity contribution in [2.75, 3.05) is 19.7 Å². The maximum Gasteiger partial charge on any atom is 0.227 e. The molecule has 0 aliphatic heterocycles. The smallest absolute Gasteiger partial charge is 0.227 e. The SMILES string of the molecule is CC1CC(CN)(C(=O)NCCCOc2ccccc2)C1. The summed E-state index contributed by atoms with van der Waals surface area (Å²) in [5, 5.41) is 2.98. The van der Waals surface area contributed by atoms with Crippen molar-refractivity contribution in [2.45, 2.75) is 26.2 Å². The van der Waals surface area contributed by atoms with Crippen molar-refractivity contribution in [3.05, 3.63) is 30.3 Å². The van der Waals surface area contributed by atoms with Crippen molar-refractivity contribution in [3.63, 3.8) is 0 Å². The average molecular weight is 276 g/mol. The molecule has 4 heteroatoms. The van der Waals surface area contributed by atoms with E-state index in [-0.39, 0.29) is 11.3 Å². The summed E-state index contributed by atoms with van der Waals surface area (Å²) < 4.78 is 5.58. The molecule has 3 N–H and O–H groups in total. The molecule has 110 valence electrons. The van der Waals surface area contributed by atoms with Gasteiger partial charge in [-0.15, -0.1) is 0 Å². The highest BCUT2D eigenvalue weighted by atomic mass is 16.5. The van der Waals surface area contributed by atoms with E-state index in [1.54, 1.807) is 0 Å². The van der Waals surface area contributed by atoms with Crippen molar-refractivity contribution in [2.24, 2.45) is 17.1 Å². The fourth-order valence-electron chi connectivity index (χ4n) is 2.89. The minimum Gasteiger partial charge on any atom is -0.494 e. The fraction of sp³-hybridized carbons (Fsp3) is 0.562. The van der Waals surface area contributed by atoms with Gasteiger partial charge < -0.3 is 15.8 Å². The number of rotatable bonds is 7. The monoisotopic (exact) mass is 276 g/mol. The summed E-state index contributed by atoms with van der Waals surface area (Å²) in [6.45, 7) is 3.86. The third-order valence-electron chi connectivity index (χ3n) is 3.97. The van der Waals surface area contributed by atoms with Crippen LogP contribution in [0.5, 0.6) is 5.75 Å². The normalized spacial score (nSPS) is 24.8. The largest absolute Gasteiger partial charge is 0.494 e. The molecule has 0 radical (unpaired) electrons. The Balaban J connectivity index is 1.62. The Morgan fingerprint density at radius 2 is 2.10 bits per heavy atom. The lowest BCUT2D eigenvalue weighted by Crippen LogP contribution is -2.53. The van der Waals surface area contributed by atoms with Crippen molar-refractivity contribution >= 4 is 5.91 Å². The first-order chi connectivity index (χ1) is 9.66. The Labute approximate surface area is 120 Å². The van der Waals surface area contributed by atoms with Crippen LogP contribution in [-0.2, 0) is 4.79 Å². The molecule has 4 nitrogen and oxygen atoms in total. The lowest BCUT2D eigenvalue weighted by atomic mass is 9.62. The van der Waals surface area contributed by atoms with Gasteiger partial charge in [-0.2, -0.15) is 0 Å². The minimum absolute atomic E-state index is 0.109. The maximum absolute atomic E-state index is 12.1. The molecule has 0 heterocycles. The number of benzene rings is 1. The summed E-state index contributed by atoms with van der Waals surface area (Å²) >= 11 is 0. The summed E-state index contributed by atoms with van der Waals surface area (Å²) in [5.41, 5.74) is 5.45. The van der Waals surface area contributed by atoms with E-state index in [9.17, 15) is 4.79 Å². The van der Waals surface area contributed by atoms with Gasteiger partial charge in [0.25, 0.3) is 0 Å². The predicted octanol–water partition coefficient (Wildman–Crippen LogP) is 1.95. The maximum atomic E-state index is 12.1. The number of nitrogens with one attached hydrogen (secondary N) is 1. The molecule has 0 saturated heterocycles. The van der Waals surface area contributed by atoms with Crippen LogP contribution in [0.15, 0.2) is 30.3 Å². The molecule has 1 amide bonds. The van der Waals surface area contributed by atoms with Crippen LogP contribution in [0.4, 0.5) is 0 Å². The third kappa shape index (κ3) is 3.51. The van der Waals surface area contributed by atoms with Gasteiger partial charge in [0.2, 0.25) is 5.91 Å². The van der Waals surface area contributed by atoms with Gasteiger partial charge in [-0.1, -0.05) is 25.1 Å². The molecule has 1 aliphatic rings. The third-order valence-corrected chi connectivity index (χ3v) is 3.97. The summed E-state index contributed by atoms with van der Waals surface area (Å²) in [6, 6.07) is 9.70. The Bertz CT molecular complexity index is 427. The van der Waals surface area contributed by atoms with Crippen molar-refractivity contribution in [1.29, 1.82) is 0 Å². The molecule has 2 rings (SSSR count). The molecule has 1 aromatic rings. The number of nitrogens with two attached hydrogens (primary N) is 1. The Kier molecular flexibility index (Phi) is 5.01. The average Bonchev–Trinajstić information content (AvgIpc) is 2.44. The number of hydrogen-bond donors (Lipinski definition) is 2. The van der Waals surface area contributed by atoms with E-state index in [1.807, 2.05) is 30.3 Å². The molecule has 1 saturated carbocycles. The quantitative estimate of drug-likeness (QED) is 0.748. The van der Waals surface area contributed by atoms with Gasteiger partial charge in [0.05, 0.1) is 12.0 Å². The summed E-state index contributed by atoms with van der Waals surface area (Å²) in [4.78, 5) is 12.1. The molecular weight excluding hydrogens is 252 g/mol. The van der Waals surface area contributed by atoms with Crippen LogP contribution >= 0.6 is 0 Å².